The van der Waals surface area contributed by atoms with Gasteiger partial charge in [0, 0.05) is 13.8 Å². The maximum atomic E-state index is 11.2. The second kappa shape index (κ2) is 7.41. The van der Waals surface area contributed by atoms with Gasteiger partial charge in [-0.05, 0) is 35.0 Å². The molecule has 2 aromatic carbocycles. The Labute approximate surface area is 154 Å². The molecule has 0 saturated carbocycles. The van der Waals surface area contributed by atoms with Gasteiger partial charge in [-0.2, -0.15) is 8.42 Å². The van der Waals surface area contributed by atoms with Crippen molar-refractivity contribution in [1.29, 1.82) is 0 Å². The van der Waals surface area contributed by atoms with E-state index < -0.39 is 22.1 Å². The number of rotatable bonds is 3. The molecule has 0 bridgehead atoms. The molecule has 0 amide bonds. The Morgan fingerprint density at radius 3 is 1.83 bits per heavy atom. The molecular formula is C14H13NaO7S. The van der Waals surface area contributed by atoms with Gasteiger partial charge < -0.3 is 9.47 Å². The van der Waals surface area contributed by atoms with Crippen LogP contribution < -0.4 is 9.47 Å². The zero-order valence-electron chi connectivity index (χ0n) is 11.7. The number of ether oxygens (including phenoxy) is 2. The van der Waals surface area contributed by atoms with Gasteiger partial charge in [-0.1, -0.05) is 6.07 Å². The predicted molar refractivity (Wildman–Crippen MR) is 83.5 cm³/mol. The third-order valence-corrected chi connectivity index (χ3v) is 3.53. The van der Waals surface area contributed by atoms with Gasteiger partial charge in [-0.15, -0.1) is 0 Å². The predicted octanol–water partition coefficient (Wildman–Crippen LogP) is 1.29. The molecule has 2 rings (SSSR count). The van der Waals surface area contributed by atoms with Crippen LogP contribution in [0.15, 0.2) is 35.2 Å². The van der Waals surface area contributed by atoms with Crippen LogP contribution in [0.1, 0.15) is 13.8 Å². The second-order valence-electron chi connectivity index (χ2n) is 4.47. The Bertz CT molecular complexity index is 874. The topological polar surface area (TPSA) is 107 Å². The Hall–Kier alpha value is -1.45. The van der Waals surface area contributed by atoms with Crippen LogP contribution in [-0.4, -0.2) is 54.5 Å². The van der Waals surface area contributed by atoms with Crippen molar-refractivity contribution >= 4 is 62.4 Å². The summed E-state index contributed by atoms with van der Waals surface area (Å²) in [5.41, 5.74) is 0. The number of carbonyl (C=O) groups excluding carboxylic acids is 2. The third kappa shape index (κ3) is 5.02. The molecular weight excluding hydrogens is 335 g/mol. The molecule has 0 aliphatic rings. The minimum absolute atomic E-state index is 0. The Morgan fingerprint density at radius 1 is 0.913 bits per heavy atom. The number of benzene rings is 2. The second-order valence-corrected chi connectivity index (χ2v) is 5.89. The SMILES string of the molecule is CC(=O)Oc1cc2ccc(S(=O)(=O)O)cc2cc1OC(C)=O.[NaH]. The van der Waals surface area contributed by atoms with Crippen molar-refractivity contribution in [3.8, 4) is 11.5 Å². The average molecular weight is 348 g/mol. The molecule has 2 aromatic rings. The number of hydrogen-bond acceptors (Lipinski definition) is 6. The van der Waals surface area contributed by atoms with Crippen molar-refractivity contribution < 1.29 is 32.0 Å². The van der Waals surface area contributed by atoms with Crippen molar-refractivity contribution in [3.05, 3.63) is 30.3 Å². The summed E-state index contributed by atoms with van der Waals surface area (Å²) in [7, 11) is -4.35. The summed E-state index contributed by atoms with van der Waals surface area (Å²) in [6, 6.07) is 6.64. The van der Waals surface area contributed by atoms with Crippen LogP contribution in [0.4, 0.5) is 0 Å². The van der Waals surface area contributed by atoms with Crippen LogP contribution in [0.5, 0.6) is 11.5 Å². The van der Waals surface area contributed by atoms with E-state index in [0.29, 0.717) is 10.8 Å². The Balaban J connectivity index is 0.00000264. The van der Waals surface area contributed by atoms with Gasteiger partial charge in [0.1, 0.15) is 0 Å². The number of esters is 2. The summed E-state index contributed by atoms with van der Waals surface area (Å²) in [4.78, 5) is 21.9. The van der Waals surface area contributed by atoms with Crippen molar-refractivity contribution in [2.24, 2.45) is 0 Å². The molecule has 0 atom stereocenters. The van der Waals surface area contributed by atoms with Crippen molar-refractivity contribution in [2.75, 3.05) is 0 Å². The Kier molecular flexibility index (Phi) is 6.32. The first-order valence-corrected chi connectivity index (χ1v) is 7.53. The van der Waals surface area contributed by atoms with Gasteiger partial charge in [0.2, 0.25) is 0 Å². The number of fused-ring (bicyclic) bond motifs is 1. The molecule has 118 valence electrons. The molecule has 0 aliphatic carbocycles. The fraction of sp³-hybridized carbons (Fsp3) is 0.143. The molecule has 23 heavy (non-hydrogen) atoms. The van der Waals surface area contributed by atoms with Gasteiger partial charge >= 0.3 is 41.5 Å². The van der Waals surface area contributed by atoms with Gasteiger partial charge in [0.05, 0.1) is 4.90 Å². The summed E-state index contributed by atoms with van der Waals surface area (Å²) in [6.45, 7) is 2.37. The molecule has 0 aliphatic heterocycles. The van der Waals surface area contributed by atoms with Gasteiger partial charge in [0.15, 0.2) is 11.5 Å². The van der Waals surface area contributed by atoms with Crippen LogP contribution in [0.3, 0.4) is 0 Å². The van der Waals surface area contributed by atoms with Crippen LogP contribution in [0.2, 0.25) is 0 Å². The summed E-state index contributed by atoms with van der Waals surface area (Å²) in [5, 5.41) is 0.932. The van der Waals surface area contributed by atoms with E-state index in [2.05, 4.69) is 0 Å². The van der Waals surface area contributed by atoms with E-state index in [1.54, 1.807) is 0 Å². The summed E-state index contributed by atoms with van der Waals surface area (Å²) < 4.78 is 41.3. The van der Waals surface area contributed by atoms with E-state index in [1.807, 2.05) is 0 Å². The van der Waals surface area contributed by atoms with Crippen LogP contribution in [-0.2, 0) is 19.7 Å². The average Bonchev–Trinajstić information content (AvgIpc) is 2.36. The first-order valence-electron chi connectivity index (χ1n) is 6.09. The van der Waals surface area contributed by atoms with Crippen molar-refractivity contribution in [2.45, 2.75) is 18.7 Å². The molecule has 0 unspecified atom stereocenters. The van der Waals surface area contributed by atoms with Crippen LogP contribution in [0.25, 0.3) is 10.8 Å². The molecule has 9 heteroatoms. The fourth-order valence-electron chi connectivity index (χ4n) is 1.86. The fourth-order valence-corrected chi connectivity index (χ4v) is 2.38. The molecule has 0 radical (unpaired) electrons. The van der Waals surface area contributed by atoms with E-state index in [-0.39, 0.29) is 46.0 Å². The van der Waals surface area contributed by atoms with E-state index >= 15 is 0 Å². The molecule has 0 heterocycles. The number of hydrogen-bond donors (Lipinski definition) is 1. The molecule has 0 saturated heterocycles. The standard InChI is InChI=1S/C14H12O7S.Na.H/c1-8(15)20-13-6-10-3-4-12(22(17,18)19)5-11(10)7-14(13)21-9(2)16;;/h3-7H,1-2H3,(H,17,18,19);;. The van der Waals surface area contributed by atoms with Crippen molar-refractivity contribution in [1.82, 2.24) is 0 Å². The minimum atomic E-state index is -4.35. The first kappa shape index (κ1) is 19.6. The monoisotopic (exact) mass is 348 g/mol. The summed E-state index contributed by atoms with van der Waals surface area (Å²) in [6.07, 6.45) is 0. The molecule has 0 spiro atoms. The Morgan fingerprint density at radius 2 is 1.39 bits per heavy atom. The normalized spacial score (nSPS) is 10.7. The molecule has 0 aromatic heterocycles. The van der Waals surface area contributed by atoms with Crippen LogP contribution >= 0.6 is 0 Å². The third-order valence-electron chi connectivity index (χ3n) is 2.68. The zero-order valence-corrected chi connectivity index (χ0v) is 12.5. The quantitative estimate of drug-likeness (QED) is 0.385. The maximum absolute atomic E-state index is 11.2. The van der Waals surface area contributed by atoms with Gasteiger partial charge in [-0.3, -0.25) is 14.1 Å². The van der Waals surface area contributed by atoms with E-state index in [4.69, 9.17) is 14.0 Å². The molecule has 0 fully saturated rings. The van der Waals surface area contributed by atoms with Crippen LogP contribution in [0, 0.1) is 0 Å². The first-order chi connectivity index (χ1) is 10.2. The van der Waals surface area contributed by atoms with E-state index in [0.717, 1.165) is 0 Å². The summed E-state index contributed by atoms with van der Waals surface area (Å²) >= 11 is 0. The van der Waals surface area contributed by atoms with Gasteiger partial charge in [0.25, 0.3) is 10.1 Å². The summed E-state index contributed by atoms with van der Waals surface area (Å²) in [5.74, 6) is -1.21. The van der Waals surface area contributed by atoms with E-state index in [9.17, 15) is 18.0 Å². The van der Waals surface area contributed by atoms with Gasteiger partial charge in [-0.25, -0.2) is 0 Å². The molecule has 1 N–H and O–H groups in total. The zero-order chi connectivity index (χ0) is 16.5. The molecule has 7 nitrogen and oxygen atoms in total. The van der Waals surface area contributed by atoms with E-state index in [1.165, 1.54) is 44.2 Å². The van der Waals surface area contributed by atoms with Crippen molar-refractivity contribution in [3.63, 3.8) is 0 Å². The number of carbonyl (C=O) groups is 2.